The highest BCUT2D eigenvalue weighted by Crippen LogP contribution is 2.14. The van der Waals surface area contributed by atoms with Gasteiger partial charge in [-0.15, -0.1) is 0 Å². The Balaban J connectivity index is 1.85. The Labute approximate surface area is 150 Å². The minimum Gasteiger partial charge on any atom is -0.494 e. The van der Waals surface area contributed by atoms with Gasteiger partial charge in [0.05, 0.1) is 6.61 Å². The van der Waals surface area contributed by atoms with Crippen LogP contribution in [0.2, 0.25) is 0 Å². The minimum absolute atomic E-state index is 0.110. The SMILES string of the molecule is CCCOc1ccc(/C=C/C(=O)NCc2cccc(N(C)C)c2)cc1. The first-order valence-electron chi connectivity index (χ1n) is 8.53. The number of hydrogen-bond acceptors (Lipinski definition) is 3. The average molecular weight is 338 g/mol. The lowest BCUT2D eigenvalue weighted by molar-refractivity contribution is -0.116. The van der Waals surface area contributed by atoms with Crippen LogP contribution in [-0.4, -0.2) is 26.6 Å². The van der Waals surface area contributed by atoms with E-state index in [1.54, 1.807) is 12.2 Å². The van der Waals surface area contributed by atoms with Gasteiger partial charge in [-0.25, -0.2) is 0 Å². The third kappa shape index (κ3) is 6.34. The van der Waals surface area contributed by atoms with Gasteiger partial charge in [0.25, 0.3) is 0 Å². The van der Waals surface area contributed by atoms with Crippen molar-refractivity contribution in [1.29, 1.82) is 0 Å². The van der Waals surface area contributed by atoms with Crippen molar-refractivity contribution >= 4 is 17.7 Å². The molecule has 0 saturated heterocycles. The number of ether oxygens (including phenoxy) is 1. The molecule has 0 aliphatic carbocycles. The summed E-state index contributed by atoms with van der Waals surface area (Å²) >= 11 is 0. The van der Waals surface area contributed by atoms with Crippen molar-refractivity contribution in [1.82, 2.24) is 5.32 Å². The van der Waals surface area contributed by atoms with E-state index in [0.29, 0.717) is 13.2 Å². The maximum atomic E-state index is 12.0. The molecule has 0 heterocycles. The zero-order valence-electron chi connectivity index (χ0n) is 15.2. The van der Waals surface area contributed by atoms with E-state index in [1.807, 2.05) is 61.5 Å². The highest BCUT2D eigenvalue weighted by atomic mass is 16.5. The molecule has 0 aliphatic rings. The van der Waals surface area contributed by atoms with Crippen molar-refractivity contribution in [2.75, 3.05) is 25.6 Å². The van der Waals surface area contributed by atoms with E-state index in [1.165, 1.54) is 0 Å². The van der Waals surface area contributed by atoms with Gasteiger partial charge >= 0.3 is 0 Å². The van der Waals surface area contributed by atoms with Gasteiger partial charge in [-0.05, 0) is 47.9 Å². The van der Waals surface area contributed by atoms with E-state index < -0.39 is 0 Å². The Morgan fingerprint density at radius 1 is 1.16 bits per heavy atom. The van der Waals surface area contributed by atoms with Gasteiger partial charge < -0.3 is 15.0 Å². The topological polar surface area (TPSA) is 41.6 Å². The van der Waals surface area contributed by atoms with Crippen LogP contribution in [0.25, 0.3) is 6.08 Å². The summed E-state index contributed by atoms with van der Waals surface area (Å²) < 4.78 is 5.54. The summed E-state index contributed by atoms with van der Waals surface area (Å²) in [5, 5.41) is 2.91. The van der Waals surface area contributed by atoms with E-state index in [9.17, 15) is 4.79 Å². The fourth-order valence-electron chi connectivity index (χ4n) is 2.26. The number of nitrogens with one attached hydrogen (secondary N) is 1. The van der Waals surface area contributed by atoms with E-state index in [2.05, 4.69) is 18.3 Å². The van der Waals surface area contributed by atoms with Crippen molar-refractivity contribution in [3.63, 3.8) is 0 Å². The van der Waals surface area contributed by atoms with Crippen LogP contribution < -0.4 is 15.0 Å². The zero-order chi connectivity index (χ0) is 18.1. The van der Waals surface area contributed by atoms with Gasteiger partial charge in [0.15, 0.2) is 0 Å². The number of carbonyl (C=O) groups excluding carboxylic acids is 1. The lowest BCUT2D eigenvalue weighted by Gasteiger charge is -2.13. The predicted octanol–water partition coefficient (Wildman–Crippen LogP) is 3.87. The predicted molar refractivity (Wildman–Crippen MR) is 104 cm³/mol. The molecule has 0 fully saturated rings. The molecular formula is C21H26N2O2. The highest BCUT2D eigenvalue weighted by Gasteiger charge is 2.00. The third-order valence-electron chi connectivity index (χ3n) is 3.67. The summed E-state index contributed by atoms with van der Waals surface area (Å²) in [4.78, 5) is 14.0. The molecule has 0 unspecified atom stereocenters. The fourth-order valence-corrected chi connectivity index (χ4v) is 2.26. The number of carbonyl (C=O) groups is 1. The van der Waals surface area contributed by atoms with Crippen molar-refractivity contribution in [3.05, 3.63) is 65.7 Å². The summed E-state index contributed by atoms with van der Waals surface area (Å²) in [6.45, 7) is 3.30. The second-order valence-electron chi connectivity index (χ2n) is 6.03. The van der Waals surface area contributed by atoms with Crippen LogP contribution in [0.3, 0.4) is 0 Å². The average Bonchev–Trinajstić information content (AvgIpc) is 2.64. The Hall–Kier alpha value is -2.75. The molecule has 4 nitrogen and oxygen atoms in total. The third-order valence-corrected chi connectivity index (χ3v) is 3.67. The number of nitrogens with zero attached hydrogens (tertiary/aromatic N) is 1. The number of benzene rings is 2. The highest BCUT2D eigenvalue weighted by molar-refractivity contribution is 5.91. The van der Waals surface area contributed by atoms with Gasteiger partial charge in [0.1, 0.15) is 5.75 Å². The molecule has 0 aliphatic heterocycles. The lowest BCUT2D eigenvalue weighted by Crippen LogP contribution is -2.20. The van der Waals surface area contributed by atoms with Gasteiger partial charge in [-0.2, -0.15) is 0 Å². The van der Waals surface area contributed by atoms with Crippen molar-refractivity contribution in [2.24, 2.45) is 0 Å². The number of amides is 1. The fraction of sp³-hybridized carbons (Fsp3) is 0.286. The number of hydrogen-bond donors (Lipinski definition) is 1. The molecule has 0 bridgehead atoms. The summed E-state index contributed by atoms with van der Waals surface area (Å²) in [6, 6.07) is 15.8. The quantitative estimate of drug-likeness (QED) is 0.743. The van der Waals surface area contributed by atoms with E-state index >= 15 is 0 Å². The van der Waals surface area contributed by atoms with Crippen LogP contribution in [0.15, 0.2) is 54.6 Å². The van der Waals surface area contributed by atoms with Gasteiger partial charge in [0.2, 0.25) is 5.91 Å². The monoisotopic (exact) mass is 338 g/mol. The molecule has 25 heavy (non-hydrogen) atoms. The zero-order valence-corrected chi connectivity index (χ0v) is 15.2. The Morgan fingerprint density at radius 3 is 2.60 bits per heavy atom. The normalized spacial score (nSPS) is 10.7. The molecule has 4 heteroatoms. The molecule has 2 aromatic rings. The number of anilines is 1. The minimum atomic E-state index is -0.110. The molecule has 1 amide bonds. The summed E-state index contributed by atoms with van der Waals surface area (Å²) in [7, 11) is 4.00. The lowest BCUT2D eigenvalue weighted by atomic mass is 10.2. The molecule has 2 rings (SSSR count). The Bertz CT molecular complexity index is 706. The Kier molecular flexibility index (Phi) is 7.08. The van der Waals surface area contributed by atoms with Crippen LogP contribution >= 0.6 is 0 Å². The van der Waals surface area contributed by atoms with Crippen molar-refractivity contribution in [2.45, 2.75) is 19.9 Å². The standard InChI is InChI=1S/C21H26N2O2/c1-4-14-25-20-11-8-17(9-12-20)10-13-21(24)22-16-18-6-5-7-19(15-18)23(2)3/h5-13,15H,4,14,16H2,1-3H3,(H,22,24)/b13-10+. The number of rotatable bonds is 8. The molecule has 1 N–H and O–H groups in total. The maximum absolute atomic E-state index is 12.0. The van der Waals surface area contributed by atoms with Crippen LogP contribution in [-0.2, 0) is 11.3 Å². The van der Waals surface area contributed by atoms with Crippen LogP contribution in [0.4, 0.5) is 5.69 Å². The largest absolute Gasteiger partial charge is 0.494 e. The first-order valence-corrected chi connectivity index (χ1v) is 8.53. The van der Waals surface area contributed by atoms with E-state index in [4.69, 9.17) is 4.74 Å². The maximum Gasteiger partial charge on any atom is 0.244 e. The van der Waals surface area contributed by atoms with E-state index in [-0.39, 0.29) is 5.91 Å². The second-order valence-corrected chi connectivity index (χ2v) is 6.03. The summed E-state index contributed by atoms with van der Waals surface area (Å²) in [5.74, 6) is 0.741. The van der Waals surface area contributed by atoms with Gasteiger partial charge in [-0.1, -0.05) is 31.2 Å². The molecule has 0 spiro atoms. The summed E-state index contributed by atoms with van der Waals surface area (Å²) in [5.41, 5.74) is 3.16. The molecule has 2 aromatic carbocycles. The summed E-state index contributed by atoms with van der Waals surface area (Å²) in [6.07, 6.45) is 4.34. The van der Waals surface area contributed by atoms with E-state index in [0.717, 1.165) is 29.0 Å². The van der Waals surface area contributed by atoms with Crippen molar-refractivity contribution < 1.29 is 9.53 Å². The van der Waals surface area contributed by atoms with Crippen LogP contribution in [0.1, 0.15) is 24.5 Å². The first-order chi connectivity index (χ1) is 12.1. The van der Waals surface area contributed by atoms with Gasteiger partial charge in [-0.3, -0.25) is 4.79 Å². The molecule has 0 aromatic heterocycles. The van der Waals surface area contributed by atoms with Crippen LogP contribution in [0, 0.1) is 0 Å². The molecule has 132 valence electrons. The molecule has 0 radical (unpaired) electrons. The second kappa shape index (κ2) is 9.52. The molecule has 0 atom stereocenters. The Morgan fingerprint density at radius 2 is 1.92 bits per heavy atom. The smallest absolute Gasteiger partial charge is 0.244 e. The van der Waals surface area contributed by atoms with Gasteiger partial charge in [0, 0.05) is 32.4 Å². The first kappa shape index (κ1) is 18.6. The molecule has 0 saturated carbocycles. The van der Waals surface area contributed by atoms with Crippen LogP contribution in [0.5, 0.6) is 5.75 Å². The molecular weight excluding hydrogens is 312 g/mol. The van der Waals surface area contributed by atoms with Crippen molar-refractivity contribution in [3.8, 4) is 5.75 Å².